The number of cyclic esters (lactones) is 2. The van der Waals surface area contributed by atoms with Gasteiger partial charge in [-0.15, -0.1) is 0 Å². The molecule has 1 saturated heterocycles. The summed E-state index contributed by atoms with van der Waals surface area (Å²) in [5.41, 5.74) is 0. The first-order valence-electron chi connectivity index (χ1n) is 7.32. The summed E-state index contributed by atoms with van der Waals surface area (Å²) in [5.74, 6) is 0. The highest BCUT2D eigenvalue weighted by atomic mass is 16.8. The van der Waals surface area contributed by atoms with Crippen LogP contribution in [0.1, 0.15) is 45.4 Å². The topological polar surface area (TPSA) is 54.0 Å². The molecule has 1 heterocycles. The van der Waals surface area contributed by atoms with Crippen molar-refractivity contribution in [3.63, 3.8) is 0 Å². The summed E-state index contributed by atoms with van der Waals surface area (Å²) in [6.45, 7) is 4.82. The molecule has 0 bridgehead atoms. The van der Waals surface area contributed by atoms with Gasteiger partial charge in [0.1, 0.15) is 6.61 Å². The highest BCUT2D eigenvalue weighted by molar-refractivity contribution is 5.61. The SMILES string of the molecule is CCCCCCCCOCCOCC1COC(=O)O1. The quantitative estimate of drug-likeness (QED) is 0.404. The van der Waals surface area contributed by atoms with Crippen LogP contribution >= 0.6 is 0 Å². The molecule has 0 N–H and O–H groups in total. The van der Waals surface area contributed by atoms with Crippen molar-refractivity contribution < 1.29 is 23.7 Å². The first kappa shape index (κ1) is 16.2. The number of rotatable bonds is 12. The Bertz CT molecular complexity index is 232. The van der Waals surface area contributed by atoms with E-state index in [2.05, 4.69) is 11.7 Å². The molecule has 5 heteroatoms. The Morgan fingerprint density at radius 2 is 1.79 bits per heavy atom. The second-order valence-corrected chi connectivity index (χ2v) is 4.76. The van der Waals surface area contributed by atoms with Gasteiger partial charge in [0.05, 0.1) is 19.8 Å². The Balaban J connectivity index is 1.73. The predicted octanol–water partition coefficient (Wildman–Crippen LogP) is 2.92. The van der Waals surface area contributed by atoms with Gasteiger partial charge in [-0.25, -0.2) is 4.79 Å². The summed E-state index contributed by atoms with van der Waals surface area (Å²) in [5, 5.41) is 0. The monoisotopic (exact) mass is 274 g/mol. The van der Waals surface area contributed by atoms with Crippen LogP contribution in [-0.2, 0) is 18.9 Å². The van der Waals surface area contributed by atoms with Crippen molar-refractivity contribution in [2.45, 2.75) is 51.6 Å². The molecule has 1 rings (SSSR count). The summed E-state index contributed by atoms with van der Waals surface area (Å²) >= 11 is 0. The Morgan fingerprint density at radius 3 is 2.53 bits per heavy atom. The molecule has 0 saturated carbocycles. The first-order chi connectivity index (χ1) is 9.33. The third-order valence-electron chi connectivity index (χ3n) is 2.97. The van der Waals surface area contributed by atoms with Crippen molar-refractivity contribution in [1.82, 2.24) is 0 Å². The van der Waals surface area contributed by atoms with E-state index in [9.17, 15) is 4.79 Å². The lowest BCUT2D eigenvalue weighted by atomic mass is 10.1. The van der Waals surface area contributed by atoms with E-state index in [0.29, 0.717) is 19.8 Å². The minimum absolute atomic E-state index is 0.258. The maximum Gasteiger partial charge on any atom is 0.508 e. The molecular formula is C14H26O5. The molecule has 0 radical (unpaired) electrons. The zero-order chi connectivity index (χ0) is 13.8. The number of hydrogen-bond donors (Lipinski definition) is 0. The predicted molar refractivity (Wildman–Crippen MR) is 71.2 cm³/mol. The summed E-state index contributed by atoms with van der Waals surface area (Å²) in [6.07, 6.45) is 6.77. The maximum atomic E-state index is 10.6. The van der Waals surface area contributed by atoms with E-state index in [1.54, 1.807) is 0 Å². The van der Waals surface area contributed by atoms with Crippen LogP contribution in [0.15, 0.2) is 0 Å². The van der Waals surface area contributed by atoms with Crippen LogP contribution in [0.3, 0.4) is 0 Å². The normalized spacial score (nSPS) is 18.4. The Morgan fingerprint density at radius 1 is 1.05 bits per heavy atom. The van der Waals surface area contributed by atoms with Crippen LogP contribution in [0.2, 0.25) is 0 Å². The van der Waals surface area contributed by atoms with Gasteiger partial charge >= 0.3 is 6.16 Å². The van der Waals surface area contributed by atoms with Gasteiger partial charge in [0.15, 0.2) is 6.10 Å². The first-order valence-corrected chi connectivity index (χ1v) is 7.32. The van der Waals surface area contributed by atoms with E-state index in [1.807, 2.05) is 0 Å². The van der Waals surface area contributed by atoms with Crippen molar-refractivity contribution in [3.05, 3.63) is 0 Å². The molecule has 5 nitrogen and oxygen atoms in total. The zero-order valence-corrected chi connectivity index (χ0v) is 11.9. The minimum atomic E-state index is -0.604. The second kappa shape index (κ2) is 11.1. The number of ether oxygens (including phenoxy) is 4. The van der Waals surface area contributed by atoms with Gasteiger partial charge in [-0.3, -0.25) is 0 Å². The minimum Gasteiger partial charge on any atom is -0.430 e. The van der Waals surface area contributed by atoms with Crippen molar-refractivity contribution in [3.8, 4) is 0 Å². The average Bonchev–Trinajstić information content (AvgIpc) is 2.82. The Kier molecular flexibility index (Phi) is 9.45. The van der Waals surface area contributed by atoms with Gasteiger partial charge in [0.2, 0.25) is 0 Å². The third-order valence-corrected chi connectivity index (χ3v) is 2.97. The standard InChI is InChI=1S/C14H26O5/c1-2-3-4-5-6-7-8-16-9-10-17-11-13-12-18-14(15)19-13/h13H,2-12H2,1H3. The number of unbranched alkanes of at least 4 members (excludes halogenated alkanes) is 5. The molecule has 1 atom stereocenters. The van der Waals surface area contributed by atoms with E-state index in [-0.39, 0.29) is 12.7 Å². The van der Waals surface area contributed by atoms with E-state index in [1.165, 1.54) is 32.1 Å². The Labute approximate surface area is 115 Å². The van der Waals surface area contributed by atoms with Crippen molar-refractivity contribution in [2.75, 3.05) is 33.0 Å². The van der Waals surface area contributed by atoms with Crippen LogP contribution in [0.5, 0.6) is 0 Å². The fraction of sp³-hybridized carbons (Fsp3) is 0.929. The van der Waals surface area contributed by atoms with Gasteiger partial charge in [-0.1, -0.05) is 39.0 Å². The molecule has 1 aliphatic rings. The van der Waals surface area contributed by atoms with Crippen LogP contribution in [0.25, 0.3) is 0 Å². The molecule has 0 aromatic carbocycles. The molecule has 0 amide bonds. The lowest BCUT2D eigenvalue weighted by Crippen LogP contribution is -2.19. The van der Waals surface area contributed by atoms with E-state index in [0.717, 1.165) is 13.0 Å². The van der Waals surface area contributed by atoms with Crippen LogP contribution in [0.4, 0.5) is 4.79 Å². The summed E-state index contributed by atoms with van der Waals surface area (Å²) in [6, 6.07) is 0. The fourth-order valence-electron chi connectivity index (χ4n) is 1.87. The van der Waals surface area contributed by atoms with Crippen molar-refractivity contribution in [1.29, 1.82) is 0 Å². The molecule has 0 aromatic heterocycles. The average molecular weight is 274 g/mol. The molecule has 0 spiro atoms. The lowest BCUT2D eigenvalue weighted by molar-refractivity contribution is 0.0104. The molecule has 1 aliphatic heterocycles. The van der Waals surface area contributed by atoms with Gasteiger partial charge in [0, 0.05) is 6.61 Å². The van der Waals surface area contributed by atoms with Crippen LogP contribution < -0.4 is 0 Å². The lowest BCUT2D eigenvalue weighted by Gasteiger charge is -2.08. The van der Waals surface area contributed by atoms with E-state index in [4.69, 9.17) is 14.2 Å². The second-order valence-electron chi connectivity index (χ2n) is 4.76. The largest absolute Gasteiger partial charge is 0.508 e. The van der Waals surface area contributed by atoms with Gasteiger partial charge in [-0.05, 0) is 6.42 Å². The molecule has 112 valence electrons. The molecular weight excluding hydrogens is 248 g/mol. The number of carbonyl (C=O) groups is 1. The zero-order valence-electron chi connectivity index (χ0n) is 11.9. The highest BCUT2D eigenvalue weighted by Gasteiger charge is 2.24. The molecule has 1 unspecified atom stereocenters. The smallest absolute Gasteiger partial charge is 0.430 e. The van der Waals surface area contributed by atoms with Crippen LogP contribution in [0, 0.1) is 0 Å². The van der Waals surface area contributed by atoms with E-state index >= 15 is 0 Å². The van der Waals surface area contributed by atoms with Gasteiger partial charge in [-0.2, -0.15) is 0 Å². The number of hydrogen-bond acceptors (Lipinski definition) is 5. The summed E-state index contributed by atoms with van der Waals surface area (Å²) in [7, 11) is 0. The van der Waals surface area contributed by atoms with Crippen molar-refractivity contribution in [2.24, 2.45) is 0 Å². The molecule has 1 fully saturated rings. The van der Waals surface area contributed by atoms with E-state index < -0.39 is 6.16 Å². The highest BCUT2D eigenvalue weighted by Crippen LogP contribution is 2.06. The van der Waals surface area contributed by atoms with Gasteiger partial charge < -0.3 is 18.9 Å². The maximum absolute atomic E-state index is 10.6. The molecule has 19 heavy (non-hydrogen) atoms. The number of carbonyl (C=O) groups excluding carboxylic acids is 1. The summed E-state index contributed by atoms with van der Waals surface area (Å²) < 4.78 is 20.3. The summed E-state index contributed by atoms with van der Waals surface area (Å²) in [4.78, 5) is 10.6. The Hall–Kier alpha value is -0.810. The molecule has 0 aromatic rings. The fourth-order valence-corrected chi connectivity index (χ4v) is 1.87. The molecule has 0 aliphatic carbocycles. The van der Waals surface area contributed by atoms with Crippen LogP contribution in [-0.4, -0.2) is 45.3 Å². The van der Waals surface area contributed by atoms with Crippen molar-refractivity contribution >= 4 is 6.16 Å². The van der Waals surface area contributed by atoms with Gasteiger partial charge in [0.25, 0.3) is 0 Å². The third kappa shape index (κ3) is 8.83.